The molecule has 0 unspecified atom stereocenters. The highest BCUT2D eigenvalue weighted by molar-refractivity contribution is 7.80. The fraction of sp³-hybridized carbons (Fsp3) is 0.250. The molecule has 0 atom stereocenters. The van der Waals surface area contributed by atoms with Gasteiger partial charge in [-0.25, -0.2) is 4.98 Å². The van der Waals surface area contributed by atoms with Crippen molar-refractivity contribution in [2.24, 2.45) is 0 Å². The van der Waals surface area contributed by atoms with E-state index in [1.54, 1.807) is 11.3 Å². The summed E-state index contributed by atoms with van der Waals surface area (Å²) in [4.78, 5) is 4.34. The molecule has 2 rings (SSSR count). The maximum absolute atomic E-state index is 4.34. The second kappa shape index (κ2) is 4.81. The van der Waals surface area contributed by atoms with E-state index in [9.17, 15) is 0 Å². The molecule has 0 radical (unpaired) electrons. The normalized spacial score (nSPS) is 10.5. The highest BCUT2D eigenvalue weighted by Crippen LogP contribution is 2.25. The van der Waals surface area contributed by atoms with Gasteiger partial charge in [0, 0.05) is 10.9 Å². The van der Waals surface area contributed by atoms with Crippen molar-refractivity contribution in [3.05, 3.63) is 35.2 Å². The molecule has 1 aromatic heterocycles. The summed E-state index contributed by atoms with van der Waals surface area (Å²) in [5, 5.41) is 3.80. The van der Waals surface area contributed by atoms with Gasteiger partial charge in [-0.3, -0.25) is 0 Å². The summed E-state index contributed by atoms with van der Waals surface area (Å²) in [5.41, 5.74) is 2.57. The monoisotopic (exact) mass is 235 g/mol. The SMILES string of the molecule is CCCc1ccc(-c2nc(S)cs2)cc1. The minimum Gasteiger partial charge on any atom is -0.230 e. The second-order valence-electron chi connectivity index (χ2n) is 3.46. The molecule has 0 amide bonds. The van der Waals surface area contributed by atoms with E-state index in [1.807, 2.05) is 5.38 Å². The van der Waals surface area contributed by atoms with Gasteiger partial charge in [0.15, 0.2) is 0 Å². The van der Waals surface area contributed by atoms with Crippen molar-refractivity contribution in [2.45, 2.75) is 24.8 Å². The van der Waals surface area contributed by atoms with E-state index in [-0.39, 0.29) is 0 Å². The first kappa shape index (κ1) is 10.7. The molecule has 0 bridgehead atoms. The van der Waals surface area contributed by atoms with Crippen molar-refractivity contribution in [3.8, 4) is 10.6 Å². The molecule has 3 heteroatoms. The van der Waals surface area contributed by atoms with Gasteiger partial charge < -0.3 is 0 Å². The number of hydrogen-bond donors (Lipinski definition) is 1. The number of hydrogen-bond acceptors (Lipinski definition) is 3. The predicted molar refractivity (Wildman–Crippen MR) is 68.8 cm³/mol. The van der Waals surface area contributed by atoms with Crippen molar-refractivity contribution >= 4 is 24.0 Å². The van der Waals surface area contributed by atoms with Gasteiger partial charge in [-0.1, -0.05) is 37.6 Å². The van der Waals surface area contributed by atoms with Crippen LogP contribution in [-0.2, 0) is 6.42 Å². The van der Waals surface area contributed by atoms with E-state index in [4.69, 9.17) is 0 Å². The molecular weight excluding hydrogens is 222 g/mol. The third-order valence-corrected chi connectivity index (χ3v) is 3.53. The molecule has 0 saturated heterocycles. The zero-order valence-corrected chi connectivity index (χ0v) is 10.3. The lowest BCUT2D eigenvalue weighted by Gasteiger charge is -2.00. The fourth-order valence-electron chi connectivity index (χ4n) is 1.50. The third kappa shape index (κ3) is 2.61. The maximum Gasteiger partial charge on any atom is 0.124 e. The van der Waals surface area contributed by atoms with E-state index in [0.29, 0.717) is 0 Å². The van der Waals surface area contributed by atoms with E-state index in [0.717, 1.165) is 16.5 Å². The summed E-state index contributed by atoms with van der Waals surface area (Å²) in [6.45, 7) is 2.20. The number of thiol groups is 1. The van der Waals surface area contributed by atoms with Gasteiger partial charge in [-0.05, 0) is 12.0 Å². The maximum atomic E-state index is 4.34. The fourth-order valence-corrected chi connectivity index (χ4v) is 2.52. The largest absolute Gasteiger partial charge is 0.230 e. The molecule has 0 spiro atoms. The molecule has 1 nitrogen and oxygen atoms in total. The Balaban J connectivity index is 2.23. The Morgan fingerprint density at radius 3 is 2.53 bits per heavy atom. The van der Waals surface area contributed by atoms with Crippen LogP contribution in [0.4, 0.5) is 0 Å². The molecule has 0 fully saturated rings. The highest BCUT2D eigenvalue weighted by atomic mass is 32.1. The standard InChI is InChI=1S/C12H13NS2/c1-2-3-9-4-6-10(7-5-9)12-13-11(14)8-15-12/h4-8,14H,2-3H2,1H3. The minimum absolute atomic E-state index is 0.799. The van der Waals surface area contributed by atoms with Crippen molar-refractivity contribution < 1.29 is 0 Å². The number of nitrogens with zero attached hydrogens (tertiary/aromatic N) is 1. The zero-order chi connectivity index (χ0) is 10.7. The Morgan fingerprint density at radius 1 is 1.27 bits per heavy atom. The summed E-state index contributed by atoms with van der Waals surface area (Å²) < 4.78 is 0. The summed E-state index contributed by atoms with van der Waals surface area (Å²) in [6, 6.07) is 8.63. The topological polar surface area (TPSA) is 12.9 Å². The number of thiazole rings is 1. The lowest BCUT2D eigenvalue weighted by molar-refractivity contribution is 0.922. The van der Waals surface area contributed by atoms with Crippen LogP contribution < -0.4 is 0 Å². The van der Waals surface area contributed by atoms with Crippen LogP contribution >= 0.6 is 24.0 Å². The Labute approximate surface area is 99.6 Å². The van der Waals surface area contributed by atoms with E-state index in [1.165, 1.54) is 17.5 Å². The van der Waals surface area contributed by atoms with Crippen LogP contribution in [0.1, 0.15) is 18.9 Å². The van der Waals surface area contributed by atoms with Crippen LogP contribution in [0.25, 0.3) is 10.6 Å². The number of rotatable bonds is 3. The van der Waals surface area contributed by atoms with Gasteiger partial charge in [-0.15, -0.1) is 24.0 Å². The van der Waals surface area contributed by atoms with Crippen LogP contribution in [-0.4, -0.2) is 4.98 Å². The number of aryl methyl sites for hydroxylation is 1. The zero-order valence-electron chi connectivity index (χ0n) is 8.60. The first-order valence-corrected chi connectivity index (χ1v) is 6.36. The number of aromatic nitrogens is 1. The lowest BCUT2D eigenvalue weighted by atomic mass is 10.1. The quantitative estimate of drug-likeness (QED) is 0.792. The van der Waals surface area contributed by atoms with Crippen molar-refractivity contribution in [1.29, 1.82) is 0 Å². The molecule has 0 N–H and O–H groups in total. The molecular formula is C12H13NS2. The molecule has 0 aliphatic rings. The van der Waals surface area contributed by atoms with Gasteiger partial charge in [-0.2, -0.15) is 0 Å². The van der Waals surface area contributed by atoms with Crippen LogP contribution in [0.5, 0.6) is 0 Å². The van der Waals surface area contributed by atoms with E-state index in [2.05, 4.69) is 48.8 Å². The van der Waals surface area contributed by atoms with E-state index >= 15 is 0 Å². The molecule has 0 aliphatic carbocycles. The number of benzene rings is 1. The third-order valence-electron chi connectivity index (χ3n) is 2.23. The highest BCUT2D eigenvalue weighted by Gasteiger charge is 2.02. The average molecular weight is 235 g/mol. The van der Waals surface area contributed by atoms with Gasteiger partial charge in [0.25, 0.3) is 0 Å². The Hall–Kier alpha value is -0.800. The van der Waals surface area contributed by atoms with Crippen LogP contribution in [0.3, 0.4) is 0 Å². The van der Waals surface area contributed by atoms with Gasteiger partial charge in [0.2, 0.25) is 0 Å². The second-order valence-corrected chi connectivity index (χ2v) is 4.77. The minimum atomic E-state index is 0.799. The van der Waals surface area contributed by atoms with Gasteiger partial charge in [0.1, 0.15) is 10.0 Å². The first-order valence-electron chi connectivity index (χ1n) is 5.03. The van der Waals surface area contributed by atoms with Crippen molar-refractivity contribution in [3.63, 3.8) is 0 Å². The molecule has 0 saturated carbocycles. The Morgan fingerprint density at radius 2 is 2.00 bits per heavy atom. The van der Waals surface area contributed by atoms with Gasteiger partial charge >= 0.3 is 0 Å². The molecule has 15 heavy (non-hydrogen) atoms. The molecule has 1 aromatic carbocycles. The van der Waals surface area contributed by atoms with Crippen LogP contribution in [0, 0.1) is 0 Å². The molecule has 0 aliphatic heterocycles. The van der Waals surface area contributed by atoms with Crippen LogP contribution in [0.2, 0.25) is 0 Å². The lowest BCUT2D eigenvalue weighted by Crippen LogP contribution is -1.83. The predicted octanol–water partition coefficient (Wildman–Crippen LogP) is 4.05. The molecule has 78 valence electrons. The Bertz CT molecular complexity index is 431. The summed E-state index contributed by atoms with van der Waals surface area (Å²) in [7, 11) is 0. The Kier molecular flexibility index (Phi) is 3.44. The van der Waals surface area contributed by atoms with Gasteiger partial charge in [0.05, 0.1) is 0 Å². The van der Waals surface area contributed by atoms with Crippen LogP contribution in [0.15, 0.2) is 34.7 Å². The first-order chi connectivity index (χ1) is 7.29. The smallest absolute Gasteiger partial charge is 0.124 e. The molecule has 1 heterocycles. The van der Waals surface area contributed by atoms with Crippen molar-refractivity contribution in [1.82, 2.24) is 4.98 Å². The summed E-state index contributed by atoms with van der Waals surface area (Å²) in [6.07, 6.45) is 2.34. The van der Waals surface area contributed by atoms with E-state index < -0.39 is 0 Å². The summed E-state index contributed by atoms with van der Waals surface area (Å²) >= 11 is 5.84. The average Bonchev–Trinajstić information content (AvgIpc) is 2.67. The van der Waals surface area contributed by atoms with Crippen molar-refractivity contribution in [2.75, 3.05) is 0 Å². The molecule has 2 aromatic rings. The summed E-state index contributed by atoms with van der Waals surface area (Å²) in [5.74, 6) is 0.